The minimum absolute atomic E-state index is 0.0717. The number of carbonyl (C=O) groups is 2. The summed E-state index contributed by atoms with van der Waals surface area (Å²) in [4.78, 5) is 28.3. The van der Waals surface area contributed by atoms with Crippen LogP contribution in [0.15, 0.2) is 66.2 Å². The number of aliphatic hydroxyl groups is 1. The summed E-state index contributed by atoms with van der Waals surface area (Å²) in [6.07, 6.45) is 1.63. The number of aryl methyl sites for hydroxylation is 1. The first-order chi connectivity index (χ1) is 18.0. The Kier molecular flexibility index (Phi) is 6.28. The van der Waals surface area contributed by atoms with Crippen molar-refractivity contribution in [2.75, 3.05) is 25.7 Å². The molecular weight excluding hydrogens is 472 g/mol. The molecule has 3 aromatic carbocycles. The van der Waals surface area contributed by atoms with E-state index in [0.29, 0.717) is 40.5 Å². The second-order valence-corrected chi connectivity index (χ2v) is 8.69. The van der Waals surface area contributed by atoms with Crippen molar-refractivity contribution in [2.24, 2.45) is 0 Å². The van der Waals surface area contributed by atoms with Gasteiger partial charge in [-0.1, -0.05) is 12.1 Å². The Bertz CT molecular complexity index is 1470. The Balaban J connectivity index is 1.74. The van der Waals surface area contributed by atoms with Crippen molar-refractivity contribution in [3.8, 4) is 23.3 Å². The Hall–Kier alpha value is -4.77. The van der Waals surface area contributed by atoms with E-state index in [9.17, 15) is 20.0 Å². The average Bonchev–Trinajstić information content (AvgIpc) is 3.21. The zero-order valence-electron chi connectivity index (χ0n) is 20.4. The molecule has 1 unspecified atom stereocenters. The number of nitrogens with zero attached hydrogens (tertiary/aromatic N) is 2. The number of anilines is 1. The molecule has 3 aromatic rings. The van der Waals surface area contributed by atoms with Crippen LogP contribution in [0.4, 0.5) is 5.69 Å². The highest BCUT2D eigenvalue weighted by Gasteiger charge is 2.48. The van der Waals surface area contributed by atoms with E-state index in [1.807, 2.05) is 6.07 Å². The lowest BCUT2D eigenvalue weighted by Gasteiger charge is -2.27. The zero-order chi connectivity index (χ0) is 26.1. The fourth-order valence-electron chi connectivity index (χ4n) is 4.88. The van der Waals surface area contributed by atoms with Gasteiger partial charge in [-0.05, 0) is 66.9 Å². The van der Waals surface area contributed by atoms with E-state index in [1.165, 1.54) is 19.1 Å². The number of hydrogen-bond acceptors (Lipinski definition) is 7. The third kappa shape index (κ3) is 4.04. The first kappa shape index (κ1) is 23.9. The highest BCUT2D eigenvalue weighted by Crippen LogP contribution is 2.47. The number of aliphatic hydroxyl groups excluding tert-OH is 1. The molecule has 2 aliphatic rings. The number of carbonyl (C=O) groups excluding carboxylic acids is 2. The normalized spacial score (nSPS) is 18.1. The number of rotatable bonds is 5. The van der Waals surface area contributed by atoms with Crippen LogP contribution in [0.25, 0.3) is 5.76 Å². The molecule has 0 radical (unpaired) electrons. The lowest BCUT2D eigenvalue weighted by molar-refractivity contribution is -0.132. The predicted octanol–water partition coefficient (Wildman–Crippen LogP) is 4.53. The molecular formula is C29H24N2O6. The van der Waals surface area contributed by atoms with E-state index < -0.39 is 17.7 Å². The standard InChI is InChI=1S/C29H24N2O6/c1-35-23-7-3-6-21(28(23)36-2)25-24(26(32)19-10-13-22-18(15-19)5-4-14-37-22)27(33)29(34)31(25)20-11-8-17(16-30)9-12-20/h3,6-13,15,25,32H,4-5,14H2,1-2H3/b26-24+. The molecule has 1 atom stereocenters. The minimum Gasteiger partial charge on any atom is -0.507 e. The lowest BCUT2D eigenvalue weighted by Crippen LogP contribution is -2.29. The third-order valence-electron chi connectivity index (χ3n) is 6.63. The van der Waals surface area contributed by atoms with Gasteiger partial charge >= 0.3 is 0 Å². The Morgan fingerprint density at radius 2 is 1.86 bits per heavy atom. The average molecular weight is 497 g/mol. The smallest absolute Gasteiger partial charge is 0.300 e. The molecule has 5 rings (SSSR count). The zero-order valence-corrected chi connectivity index (χ0v) is 20.4. The lowest BCUT2D eigenvalue weighted by atomic mass is 9.93. The van der Waals surface area contributed by atoms with E-state index in [2.05, 4.69) is 0 Å². The number of ether oxygens (including phenoxy) is 3. The van der Waals surface area contributed by atoms with Gasteiger partial charge in [-0.15, -0.1) is 0 Å². The first-order valence-corrected chi connectivity index (χ1v) is 11.8. The van der Waals surface area contributed by atoms with Crippen LogP contribution >= 0.6 is 0 Å². The number of benzene rings is 3. The molecule has 8 nitrogen and oxygen atoms in total. The molecule has 2 aliphatic heterocycles. The SMILES string of the molecule is COc1cccc(C2/C(=C(\O)c3ccc4c(c3)CCCO4)C(=O)C(=O)N2c2ccc(C#N)cc2)c1OC. The van der Waals surface area contributed by atoms with Gasteiger partial charge in [-0.25, -0.2) is 0 Å². The predicted molar refractivity (Wildman–Crippen MR) is 136 cm³/mol. The quantitative estimate of drug-likeness (QED) is 0.314. The van der Waals surface area contributed by atoms with Gasteiger partial charge in [-0.2, -0.15) is 5.26 Å². The van der Waals surface area contributed by atoms with Gasteiger partial charge in [0, 0.05) is 16.8 Å². The second kappa shape index (κ2) is 9.70. The minimum atomic E-state index is -1.01. The number of nitriles is 1. The van der Waals surface area contributed by atoms with Crippen LogP contribution in [-0.4, -0.2) is 37.6 Å². The molecule has 0 aromatic heterocycles. The number of para-hydroxylation sites is 1. The summed E-state index contributed by atoms with van der Waals surface area (Å²) in [5, 5.41) is 20.7. The van der Waals surface area contributed by atoms with Crippen molar-refractivity contribution in [2.45, 2.75) is 18.9 Å². The summed E-state index contributed by atoms with van der Waals surface area (Å²) in [6, 6.07) is 17.8. The number of ketones is 1. The molecule has 1 amide bonds. The molecule has 186 valence electrons. The van der Waals surface area contributed by atoms with Crippen LogP contribution in [-0.2, 0) is 16.0 Å². The van der Waals surface area contributed by atoms with E-state index in [0.717, 1.165) is 24.2 Å². The molecule has 0 aliphatic carbocycles. The summed E-state index contributed by atoms with van der Waals surface area (Å²) in [7, 11) is 2.97. The molecule has 0 saturated carbocycles. The maximum Gasteiger partial charge on any atom is 0.300 e. The number of fused-ring (bicyclic) bond motifs is 1. The number of Topliss-reactive ketones (excluding diaryl/α,β-unsaturated/α-hetero) is 1. The number of amides is 1. The molecule has 0 bridgehead atoms. The first-order valence-electron chi connectivity index (χ1n) is 11.8. The number of hydrogen-bond donors (Lipinski definition) is 1. The van der Waals surface area contributed by atoms with E-state index >= 15 is 0 Å². The van der Waals surface area contributed by atoms with E-state index in [1.54, 1.807) is 60.7 Å². The highest BCUT2D eigenvalue weighted by atomic mass is 16.5. The summed E-state index contributed by atoms with van der Waals surface area (Å²) in [5.74, 6) is -0.436. The number of methoxy groups -OCH3 is 2. The Morgan fingerprint density at radius 3 is 2.57 bits per heavy atom. The summed E-state index contributed by atoms with van der Waals surface area (Å²) >= 11 is 0. The van der Waals surface area contributed by atoms with Gasteiger partial charge in [-0.3, -0.25) is 14.5 Å². The summed E-state index contributed by atoms with van der Waals surface area (Å²) in [6.45, 7) is 0.629. The highest BCUT2D eigenvalue weighted by molar-refractivity contribution is 6.51. The second-order valence-electron chi connectivity index (χ2n) is 8.69. The summed E-state index contributed by atoms with van der Waals surface area (Å²) < 4.78 is 16.8. The summed E-state index contributed by atoms with van der Waals surface area (Å²) in [5.41, 5.74) is 2.54. The Morgan fingerprint density at radius 1 is 1.08 bits per heavy atom. The van der Waals surface area contributed by atoms with Crippen LogP contribution in [0.3, 0.4) is 0 Å². The van der Waals surface area contributed by atoms with Gasteiger partial charge in [0.15, 0.2) is 11.5 Å². The van der Waals surface area contributed by atoms with Gasteiger partial charge in [0.2, 0.25) is 0 Å². The van der Waals surface area contributed by atoms with Gasteiger partial charge in [0.1, 0.15) is 11.5 Å². The fraction of sp³-hybridized carbons (Fsp3) is 0.207. The van der Waals surface area contributed by atoms with Crippen LogP contribution in [0.5, 0.6) is 17.2 Å². The van der Waals surface area contributed by atoms with Crippen LogP contribution in [0.1, 0.15) is 34.7 Å². The largest absolute Gasteiger partial charge is 0.507 e. The maximum absolute atomic E-state index is 13.5. The third-order valence-corrected chi connectivity index (χ3v) is 6.63. The molecule has 1 saturated heterocycles. The van der Waals surface area contributed by atoms with Crippen molar-refractivity contribution in [3.05, 3.63) is 88.5 Å². The van der Waals surface area contributed by atoms with Crippen LogP contribution < -0.4 is 19.1 Å². The van der Waals surface area contributed by atoms with Gasteiger partial charge < -0.3 is 19.3 Å². The van der Waals surface area contributed by atoms with Crippen molar-refractivity contribution < 1.29 is 28.9 Å². The molecule has 8 heteroatoms. The molecule has 2 heterocycles. The molecule has 1 N–H and O–H groups in total. The monoisotopic (exact) mass is 496 g/mol. The van der Waals surface area contributed by atoms with E-state index in [4.69, 9.17) is 14.2 Å². The van der Waals surface area contributed by atoms with Gasteiger partial charge in [0.05, 0.1) is 44.1 Å². The maximum atomic E-state index is 13.5. The Labute approximate surface area is 213 Å². The fourth-order valence-corrected chi connectivity index (χ4v) is 4.88. The van der Waals surface area contributed by atoms with Crippen molar-refractivity contribution in [3.63, 3.8) is 0 Å². The van der Waals surface area contributed by atoms with Crippen LogP contribution in [0.2, 0.25) is 0 Å². The molecule has 0 spiro atoms. The van der Waals surface area contributed by atoms with Crippen molar-refractivity contribution >= 4 is 23.1 Å². The molecule has 1 fully saturated rings. The topological polar surface area (TPSA) is 109 Å². The van der Waals surface area contributed by atoms with Gasteiger partial charge in [0.25, 0.3) is 11.7 Å². The van der Waals surface area contributed by atoms with E-state index in [-0.39, 0.29) is 11.3 Å². The van der Waals surface area contributed by atoms with Crippen LogP contribution in [0, 0.1) is 11.3 Å². The van der Waals surface area contributed by atoms with Crippen molar-refractivity contribution in [1.82, 2.24) is 0 Å². The van der Waals surface area contributed by atoms with Crippen molar-refractivity contribution in [1.29, 1.82) is 5.26 Å². The molecule has 37 heavy (non-hydrogen) atoms.